The molecule has 10 heteroatoms. The molecule has 66 heavy (non-hydrogen) atoms. The van der Waals surface area contributed by atoms with Gasteiger partial charge in [-0.3, -0.25) is 21.6 Å². The molecule has 2 aliphatic carbocycles. The molecular weight excluding hydrogens is 849 g/mol. The lowest BCUT2D eigenvalue weighted by molar-refractivity contribution is 0.660. The van der Waals surface area contributed by atoms with Crippen LogP contribution in [0.15, 0.2) is 158 Å². The molecule has 2 aliphatic rings. The van der Waals surface area contributed by atoms with Gasteiger partial charge in [-0.05, 0) is 141 Å². The highest BCUT2D eigenvalue weighted by Gasteiger charge is 2.36. The van der Waals surface area contributed by atoms with Gasteiger partial charge in [-0.25, -0.2) is 19.9 Å². The molecule has 5 aromatic carbocycles. The van der Waals surface area contributed by atoms with Gasteiger partial charge in [0.1, 0.15) is 20.2 Å². The van der Waals surface area contributed by atoms with Crippen molar-refractivity contribution in [1.29, 1.82) is 21.6 Å². The quantitative estimate of drug-likeness (QED) is 0.0742. The van der Waals surface area contributed by atoms with Crippen molar-refractivity contribution in [3.63, 3.8) is 0 Å². The molecule has 9 aromatic rings. The third-order valence-electron chi connectivity index (χ3n) is 13.1. The van der Waals surface area contributed by atoms with E-state index in [9.17, 15) is 0 Å². The summed E-state index contributed by atoms with van der Waals surface area (Å²) in [6, 6.07) is 52.8. The van der Waals surface area contributed by atoms with Crippen molar-refractivity contribution in [2.75, 3.05) is 0 Å². The maximum Gasteiger partial charge on any atom is 0.119 e. The Morgan fingerprint density at radius 1 is 0.364 bits per heavy atom. The van der Waals surface area contributed by atoms with E-state index in [1.807, 2.05) is 60.7 Å². The lowest BCUT2D eigenvalue weighted by atomic mass is 9.82. The summed E-state index contributed by atoms with van der Waals surface area (Å²) in [5, 5.41) is 38.1. The summed E-state index contributed by atoms with van der Waals surface area (Å²) >= 11 is 2.05. The Morgan fingerprint density at radius 3 is 1.17 bits per heavy atom. The number of fused-ring (bicyclic) bond motifs is 9. The summed E-state index contributed by atoms with van der Waals surface area (Å²) in [6.07, 6.45) is 0. The maximum absolute atomic E-state index is 8.94. The van der Waals surface area contributed by atoms with E-state index in [1.54, 1.807) is 12.1 Å². The minimum absolute atomic E-state index is 0.130. The molecule has 0 unspecified atom stereocenters. The van der Waals surface area contributed by atoms with E-state index in [0.717, 1.165) is 56.8 Å². The van der Waals surface area contributed by atoms with Gasteiger partial charge in [0.2, 0.25) is 0 Å². The van der Waals surface area contributed by atoms with Crippen LogP contribution in [0.2, 0.25) is 0 Å². The molecule has 4 N–H and O–H groups in total. The normalized spacial score (nSPS) is 13.8. The largest absolute Gasteiger partial charge is 0.292 e. The molecule has 0 aliphatic heterocycles. The molecule has 0 saturated heterocycles. The number of aromatic nitrogens is 4. The van der Waals surface area contributed by atoms with Crippen LogP contribution in [-0.2, 0) is 10.8 Å². The van der Waals surface area contributed by atoms with Crippen LogP contribution in [0.1, 0.15) is 72.7 Å². The van der Waals surface area contributed by atoms with Gasteiger partial charge in [-0.15, -0.1) is 0 Å². The molecule has 4 heterocycles. The van der Waals surface area contributed by atoms with Crippen LogP contribution < -0.4 is 0 Å². The van der Waals surface area contributed by atoms with Crippen molar-refractivity contribution in [2.45, 2.75) is 38.5 Å². The Morgan fingerprint density at radius 2 is 0.742 bits per heavy atom. The molecule has 0 saturated carbocycles. The molecule has 8 nitrogen and oxygen atoms in total. The second kappa shape index (κ2) is 15.6. The van der Waals surface area contributed by atoms with Gasteiger partial charge in [0.25, 0.3) is 0 Å². The zero-order chi connectivity index (χ0) is 45.5. The monoisotopic (exact) mass is 890 g/mol. The number of pyridine rings is 4. The highest BCUT2D eigenvalue weighted by Crippen LogP contribution is 2.50. The molecule has 318 valence electrons. The van der Waals surface area contributed by atoms with Crippen molar-refractivity contribution in [1.82, 2.24) is 19.9 Å². The summed E-state index contributed by atoms with van der Waals surface area (Å²) in [6.45, 7) is 9.04. The highest BCUT2D eigenvalue weighted by atomic mass is 32.2. The van der Waals surface area contributed by atoms with E-state index in [-0.39, 0.29) is 31.0 Å². The van der Waals surface area contributed by atoms with Crippen molar-refractivity contribution >= 4 is 65.5 Å². The molecule has 4 aromatic heterocycles. The number of hydrogen-bond donors (Lipinski definition) is 4. The van der Waals surface area contributed by atoms with Crippen LogP contribution in [0.25, 0.3) is 66.6 Å². The van der Waals surface area contributed by atoms with E-state index in [1.165, 1.54) is 44.5 Å². The van der Waals surface area contributed by atoms with Crippen LogP contribution in [-0.4, -0.2) is 40.1 Å². The number of hydrogen-bond acceptors (Lipinski definition) is 10. The van der Waals surface area contributed by atoms with Crippen molar-refractivity contribution in [2.24, 2.45) is 0 Å². The van der Waals surface area contributed by atoms with Crippen LogP contribution >= 0.6 is 23.5 Å². The predicted octanol–water partition coefficient (Wildman–Crippen LogP) is 13.7. The lowest BCUT2D eigenvalue weighted by Gasteiger charge is -2.21. The van der Waals surface area contributed by atoms with Crippen LogP contribution in [0.5, 0.6) is 0 Å². The second-order valence-corrected chi connectivity index (χ2v) is 19.8. The third-order valence-corrected chi connectivity index (χ3v) is 14.8. The summed E-state index contributed by atoms with van der Waals surface area (Å²) in [4.78, 5) is 19.4. The zero-order valence-electron chi connectivity index (χ0n) is 36.6. The van der Waals surface area contributed by atoms with E-state index in [4.69, 9.17) is 41.6 Å². The topological polar surface area (TPSA) is 147 Å². The van der Waals surface area contributed by atoms with E-state index < -0.39 is 0 Å². The molecule has 11 rings (SSSR count). The predicted molar refractivity (Wildman–Crippen MR) is 274 cm³/mol. The second-order valence-electron chi connectivity index (χ2n) is 17.8. The summed E-state index contributed by atoms with van der Waals surface area (Å²) in [5.41, 5.74) is 16.8. The number of nitrogens with zero attached hydrogens (tertiary/aromatic N) is 4. The van der Waals surface area contributed by atoms with Gasteiger partial charge in [0.15, 0.2) is 0 Å². The average molecular weight is 891 g/mol. The van der Waals surface area contributed by atoms with Gasteiger partial charge < -0.3 is 0 Å². The first kappa shape index (κ1) is 41.3. The fraction of sp³-hybridized carbons (Fsp3) is 0.107. The number of rotatable bonds is 6. The first-order valence-electron chi connectivity index (χ1n) is 21.7. The van der Waals surface area contributed by atoms with E-state index in [0.29, 0.717) is 33.8 Å². The zero-order valence-corrected chi connectivity index (χ0v) is 38.2. The molecule has 0 bridgehead atoms. The van der Waals surface area contributed by atoms with Crippen LogP contribution in [0, 0.1) is 21.6 Å². The Balaban J connectivity index is 0.770. The van der Waals surface area contributed by atoms with E-state index in [2.05, 4.69) is 113 Å². The maximum atomic E-state index is 8.94. The van der Waals surface area contributed by atoms with Crippen molar-refractivity contribution in [3.05, 3.63) is 203 Å². The Labute approximate surface area is 391 Å². The number of thioether (sulfide) groups is 2. The molecular formula is C56H42N8S2. The number of benzene rings is 5. The van der Waals surface area contributed by atoms with Crippen molar-refractivity contribution in [3.8, 4) is 44.8 Å². The third kappa shape index (κ3) is 6.87. The number of nitrogens with one attached hydrogen (secondary N) is 4. The summed E-state index contributed by atoms with van der Waals surface area (Å²) in [5.74, 6) is 0. The highest BCUT2D eigenvalue weighted by molar-refractivity contribution is 8.27. The standard InChI is InChI=1S/C56H42N8S2/c1-55(2)39-13-7-5-11-33(39)35-21-19-31(29-41(35)55)43-15-9-17-47(61-43)51(57)65-53(59)49-25-23-37-38-24-26-50(64-46(38)28-27-45(37)63-49)54(60)66-52(58)48-18-10-16-44(62-48)32-20-22-36-34-12-6-8-14-40(34)56(3,4)42(36)30-32/h5-30,57-60H,1-4H3. The van der Waals surface area contributed by atoms with Gasteiger partial charge in [-0.2, -0.15) is 0 Å². The Kier molecular flexibility index (Phi) is 9.79. The fourth-order valence-corrected chi connectivity index (χ4v) is 10.9. The van der Waals surface area contributed by atoms with Gasteiger partial charge in [-0.1, -0.05) is 113 Å². The minimum Gasteiger partial charge on any atom is -0.292 e. The molecule has 0 radical (unpaired) electrons. The minimum atomic E-state index is -0.130. The summed E-state index contributed by atoms with van der Waals surface area (Å²) in [7, 11) is 0. The Hall–Kier alpha value is -7.40. The van der Waals surface area contributed by atoms with Gasteiger partial charge >= 0.3 is 0 Å². The van der Waals surface area contributed by atoms with Crippen LogP contribution in [0.4, 0.5) is 0 Å². The van der Waals surface area contributed by atoms with Crippen molar-refractivity contribution < 1.29 is 0 Å². The van der Waals surface area contributed by atoms with Crippen LogP contribution in [0.3, 0.4) is 0 Å². The summed E-state index contributed by atoms with van der Waals surface area (Å²) < 4.78 is 0. The molecule has 0 amide bonds. The average Bonchev–Trinajstić information content (AvgIpc) is 3.72. The Bertz CT molecular complexity index is 3360. The van der Waals surface area contributed by atoms with Gasteiger partial charge in [0.05, 0.1) is 45.2 Å². The SMILES string of the molecule is CC1(C)c2ccccc2-c2ccc(-c3cccc(C(=N)SC(=N)c4ccc5c(ccc6nc(C(=N)SC(=N)c7cccc(-c8ccc9c(c8)C(C)(C)c8ccccc8-9)n7)ccc65)n4)n3)cc21. The van der Waals surface area contributed by atoms with E-state index >= 15 is 0 Å². The molecule has 0 atom stereocenters. The smallest absolute Gasteiger partial charge is 0.119 e. The lowest BCUT2D eigenvalue weighted by Crippen LogP contribution is -2.15. The molecule has 0 fully saturated rings. The van der Waals surface area contributed by atoms with Gasteiger partial charge in [0, 0.05) is 32.7 Å². The first-order valence-corrected chi connectivity index (χ1v) is 23.3. The fourth-order valence-electron chi connectivity index (χ4n) is 9.65. The molecule has 0 spiro atoms. The first-order chi connectivity index (χ1) is 31.8.